The molecular formula is C16H23NS. The van der Waals surface area contributed by atoms with Crippen LogP contribution in [0.15, 0.2) is 29.7 Å². The predicted molar refractivity (Wildman–Crippen MR) is 79.2 cm³/mol. The topological polar surface area (TPSA) is 12.0 Å². The number of rotatable bonds is 2. The number of thiophene rings is 1. The van der Waals surface area contributed by atoms with Crippen LogP contribution in [0.2, 0.25) is 0 Å². The van der Waals surface area contributed by atoms with Crippen LogP contribution in [0.4, 0.5) is 0 Å². The summed E-state index contributed by atoms with van der Waals surface area (Å²) in [4.78, 5) is 1.61. The highest BCUT2D eigenvalue weighted by Crippen LogP contribution is 2.48. The molecule has 1 aliphatic heterocycles. The van der Waals surface area contributed by atoms with Crippen molar-refractivity contribution in [3.05, 3.63) is 34.5 Å². The van der Waals surface area contributed by atoms with Crippen molar-refractivity contribution in [2.45, 2.75) is 50.5 Å². The molecule has 3 unspecified atom stereocenters. The van der Waals surface area contributed by atoms with Gasteiger partial charge in [-0.15, -0.1) is 11.3 Å². The first kappa shape index (κ1) is 12.4. The summed E-state index contributed by atoms with van der Waals surface area (Å²) in [6.45, 7) is 3.52. The van der Waals surface area contributed by atoms with E-state index in [0.717, 1.165) is 12.5 Å². The second-order valence-corrected chi connectivity index (χ2v) is 6.78. The predicted octanol–water partition coefficient (Wildman–Crippen LogP) is 4.11. The molecule has 0 radical (unpaired) electrons. The van der Waals surface area contributed by atoms with Crippen molar-refractivity contribution < 1.29 is 0 Å². The lowest BCUT2D eigenvalue weighted by atomic mass is 9.61. The van der Waals surface area contributed by atoms with E-state index in [1.54, 1.807) is 4.88 Å². The Kier molecular flexibility index (Phi) is 3.58. The van der Waals surface area contributed by atoms with Crippen LogP contribution in [0, 0.1) is 5.92 Å². The normalized spacial score (nSPS) is 36.7. The summed E-state index contributed by atoms with van der Waals surface area (Å²) in [6, 6.07) is 5.23. The van der Waals surface area contributed by atoms with Gasteiger partial charge in [0, 0.05) is 22.9 Å². The van der Waals surface area contributed by atoms with Crippen LogP contribution in [0.3, 0.4) is 0 Å². The molecule has 2 heteroatoms. The molecule has 2 aliphatic rings. The van der Waals surface area contributed by atoms with Gasteiger partial charge in [-0.1, -0.05) is 38.0 Å². The van der Waals surface area contributed by atoms with Gasteiger partial charge in [0.25, 0.3) is 0 Å². The van der Waals surface area contributed by atoms with Crippen molar-refractivity contribution in [1.82, 2.24) is 5.32 Å². The van der Waals surface area contributed by atoms with Crippen molar-refractivity contribution in [3.8, 4) is 0 Å². The Labute approximate surface area is 114 Å². The van der Waals surface area contributed by atoms with E-state index in [-0.39, 0.29) is 0 Å². The zero-order valence-corrected chi connectivity index (χ0v) is 12.0. The van der Waals surface area contributed by atoms with E-state index in [1.165, 1.54) is 32.1 Å². The maximum absolute atomic E-state index is 3.77. The Morgan fingerprint density at radius 2 is 2.28 bits per heavy atom. The van der Waals surface area contributed by atoms with Crippen LogP contribution in [-0.4, -0.2) is 12.6 Å². The molecule has 1 saturated carbocycles. The number of nitrogens with one attached hydrogen (secondary N) is 1. The minimum Gasteiger partial charge on any atom is -0.309 e. The van der Waals surface area contributed by atoms with Crippen LogP contribution < -0.4 is 5.32 Å². The summed E-state index contributed by atoms with van der Waals surface area (Å²) in [7, 11) is 0. The third-order valence-electron chi connectivity index (χ3n) is 4.98. The number of hydrogen-bond acceptors (Lipinski definition) is 2. The lowest BCUT2D eigenvalue weighted by Gasteiger charge is -2.48. The van der Waals surface area contributed by atoms with E-state index >= 15 is 0 Å². The molecule has 1 N–H and O–H groups in total. The largest absolute Gasteiger partial charge is 0.309 e. The standard InChI is InChI=1S/C16H23NS/c1-13-7-2-4-10-16(13,15-9-6-12-18-15)14-8-3-5-11-17-14/h3,5-6,9,12-14,17H,2,4,7-8,10-11H2,1H3. The molecule has 1 nitrogen and oxygen atoms in total. The Morgan fingerprint density at radius 1 is 1.33 bits per heavy atom. The van der Waals surface area contributed by atoms with Crippen LogP contribution in [0.5, 0.6) is 0 Å². The first-order valence-corrected chi connectivity index (χ1v) is 8.14. The third-order valence-corrected chi connectivity index (χ3v) is 6.04. The molecule has 1 aromatic rings. The van der Waals surface area contributed by atoms with Gasteiger partial charge < -0.3 is 5.32 Å². The van der Waals surface area contributed by atoms with E-state index < -0.39 is 0 Å². The molecule has 0 spiro atoms. The summed E-state index contributed by atoms with van der Waals surface area (Å²) in [6.07, 6.45) is 11.4. The summed E-state index contributed by atoms with van der Waals surface area (Å²) in [5, 5.41) is 6.02. The highest BCUT2D eigenvalue weighted by molar-refractivity contribution is 7.10. The quantitative estimate of drug-likeness (QED) is 0.790. The Morgan fingerprint density at radius 3 is 2.94 bits per heavy atom. The Balaban J connectivity index is 1.99. The molecule has 0 bridgehead atoms. The van der Waals surface area contributed by atoms with Crippen LogP contribution in [0.25, 0.3) is 0 Å². The van der Waals surface area contributed by atoms with Gasteiger partial charge in [0.2, 0.25) is 0 Å². The molecule has 0 amide bonds. The molecule has 3 atom stereocenters. The zero-order chi connectivity index (χ0) is 12.4. The average Bonchev–Trinajstić information content (AvgIpc) is 2.95. The summed E-state index contributed by atoms with van der Waals surface area (Å²) < 4.78 is 0. The highest BCUT2D eigenvalue weighted by atomic mass is 32.1. The first-order valence-electron chi connectivity index (χ1n) is 7.26. The van der Waals surface area contributed by atoms with Crippen LogP contribution in [-0.2, 0) is 5.41 Å². The van der Waals surface area contributed by atoms with Gasteiger partial charge in [-0.05, 0) is 36.6 Å². The highest BCUT2D eigenvalue weighted by Gasteiger charge is 2.46. The van der Waals surface area contributed by atoms with Gasteiger partial charge in [-0.2, -0.15) is 0 Å². The Hall–Kier alpha value is -0.600. The Bertz CT molecular complexity index is 409. The molecule has 0 saturated heterocycles. The summed E-state index contributed by atoms with van der Waals surface area (Å²) in [5.41, 5.74) is 0.386. The lowest BCUT2D eigenvalue weighted by Crippen LogP contribution is -2.54. The van der Waals surface area contributed by atoms with E-state index in [9.17, 15) is 0 Å². The second kappa shape index (κ2) is 5.18. The van der Waals surface area contributed by atoms with Crippen molar-refractivity contribution in [2.75, 3.05) is 6.54 Å². The van der Waals surface area contributed by atoms with Crippen molar-refractivity contribution in [2.24, 2.45) is 5.92 Å². The molecule has 2 heterocycles. The van der Waals surface area contributed by atoms with Gasteiger partial charge in [-0.25, -0.2) is 0 Å². The molecule has 0 aromatic carbocycles. The number of hydrogen-bond donors (Lipinski definition) is 1. The molecule has 18 heavy (non-hydrogen) atoms. The third kappa shape index (κ3) is 1.96. The summed E-state index contributed by atoms with van der Waals surface area (Å²) >= 11 is 1.96. The lowest BCUT2D eigenvalue weighted by molar-refractivity contribution is 0.146. The van der Waals surface area contributed by atoms with Gasteiger partial charge >= 0.3 is 0 Å². The van der Waals surface area contributed by atoms with E-state index in [0.29, 0.717) is 11.5 Å². The summed E-state index contributed by atoms with van der Waals surface area (Å²) in [5.74, 6) is 0.800. The van der Waals surface area contributed by atoms with Gasteiger partial charge in [0.15, 0.2) is 0 Å². The molecule has 98 valence electrons. The maximum atomic E-state index is 3.77. The average molecular weight is 261 g/mol. The second-order valence-electron chi connectivity index (χ2n) is 5.83. The van der Waals surface area contributed by atoms with Gasteiger partial charge in [0.1, 0.15) is 0 Å². The van der Waals surface area contributed by atoms with Crippen LogP contribution in [0.1, 0.15) is 43.9 Å². The molecule has 1 aromatic heterocycles. The van der Waals surface area contributed by atoms with Crippen LogP contribution >= 0.6 is 11.3 Å². The smallest absolute Gasteiger partial charge is 0.0229 e. The monoisotopic (exact) mass is 261 g/mol. The fraction of sp³-hybridized carbons (Fsp3) is 0.625. The SMILES string of the molecule is CC1CCCCC1(c1cccs1)C1CC=CCN1. The van der Waals surface area contributed by atoms with E-state index in [4.69, 9.17) is 0 Å². The minimum atomic E-state index is 0.386. The van der Waals surface area contributed by atoms with Crippen molar-refractivity contribution >= 4 is 11.3 Å². The minimum absolute atomic E-state index is 0.386. The van der Waals surface area contributed by atoms with Gasteiger partial charge in [-0.3, -0.25) is 0 Å². The fourth-order valence-corrected chi connectivity index (χ4v) is 5.10. The van der Waals surface area contributed by atoms with Gasteiger partial charge in [0.05, 0.1) is 0 Å². The van der Waals surface area contributed by atoms with E-state index in [1.807, 2.05) is 11.3 Å². The molecular weight excluding hydrogens is 238 g/mol. The van der Waals surface area contributed by atoms with E-state index in [2.05, 4.69) is 41.9 Å². The molecule has 1 aliphatic carbocycles. The van der Waals surface area contributed by atoms with Crippen molar-refractivity contribution in [1.29, 1.82) is 0 Å². The fourth-order valence-electron chi connectivity index (χ4n) is 3.97. The first-order chi connectivity index (χ1) is 8.84. The molecule has 3 rings (SSSR count). The van der Waals surface area contributed by atoms with Crippen molar-refractivity contribution in [3.63, 3.8) is 0 Å². The zero-order valence-electron chi connectivity index (χ0n) is 11.2. The maximum Gasteiger partial charge on any atom is 0.0229 e. The molecule has 1 fully saturated rings.